The molecule has 0 saturated heterocycles. The fraction of sp³-hybridized carbons (Fsp3) is 0.833. The Balaban J connectivity index is 0.00000194. The van der Waals surface area contributed by atoms with Crippen molar-refractivity contribution in [3.63, 3.8) is 0 Å². The van der Waals surface area contributed by atoms with Crippen LogP contribution in [-0.2, 0) is 36.7 Å². The molecule has 0 radical (unpaired) electrons. The minimum atomic E-state index is 0.578. The van der Waals surface area contributed by atoms with E-state index in [4.69, 9.17) is 23.7 Å². The number of carbonyl (C=O) groups excluding carboxylic acids is 1. The Morgan fingerprint density at radius 2 is 1.38 bits per heavy atom. The van der Waals surface area contributed by atoms with Crippen molar-refractivity contribution in [3.05, 3.63) is 11.9 Å². The molecule has 0 aliphatic carbocycles. The van der Waals surface area contributed by atoms with E-state index in [0.29, 0.717) is 46.2 Å². The molecule has 152 valence electrons. The molecule has 0 fully saturated rings. The van der Waals surface area contributed by atoms with Gasteiger partial charge in [-0.1, -0.05) is 25.5 Å². The van der Waals surface area contributed by atoms with Crippen molar-refractivity contribution in [1.29, 1.82) is 0 Å². The number of aldehydes is 1. The Morgan fingerprint density at radius 1 is 0.885 bits per heavy atom. The summed E-state index contributed by atoms with van der Waals surface area (Å²) in [7, 11) is 0. The third kappa shape index (κ3) is 16.1. The lowest BCUT2D eigenvalue weighted by Crippen LogP contribution is -2.13. The maximum atomic E-state index is 8.81. The van der Waals surface area contributed by atoms with Crippen LogP contribution < -0.4 is 0 Å². The van der Waals surface area contributed by atoms with Gasteiger partial charge in [0, 0.05) is 12.8 Å². The first-order chi connectivity index (χ1) is 12.8. The van der Waals surface area contributed by atoms with E-state index in [1.165, 1.54) is 6.92 Å². The fourth-order valence-corrected chi connectivity index (χ4v) is 1.88. The SMILES string of the molecule is CC=O.CCCOCCOCCOCCOCCn1cc(CCC)nn1. The number of hydrogen-bond acceptors (Lipinski definition) is 7. The van der Waals surface area contributed by atoms with E-state index in [1.807, 2.05) is 10.9 Å². The molecule has 1 heterocycles. The number of rotatable bonds is 16. The van der Waals surface area contributed by atoms with Gasteiger partial charge < -0.3 is 23.7 Å². The molecule has 0 aromatic carbocycles. The molecular weight excluding hydrogens is 338 g/mol. The smallest absolute Gasteiger partial charge is 0.116 e. The van der Waals surface area contributed by atoms with Crippen molar-refractivity contribution >= 4 is 6.29 Å². The Kier molecular flexibility index (Phi) is 18.9. The predicted octanol–water partition coefficient (Wildman–Crippen LogP) is 1.91. The van der Waals surface area contributed by atoms with Gasteiger partial charge in [-0.25, -0.2) is 4.68 Å². The maximum absolute atomic E-state index is 8.81. The van der Waals surface area contributed by atoms with Crippen LogP contribution in [0.25, 0.3) is 0 Å². The summed E-state index contributed by atoms with van der Waals surface area (Å²) < 4.78 is 23.4. The first kappa shape index (κ1) is 24.7. The van der Waals surface area contributed by atoms with Crippen LogP contribution in [0, 0.1) is 0 Å². The first-order valence-electron chi connectivity index (χ1n) is 9.38. The lowest BCUT2D eigenvalue weighted by Gasteiger charge is -2.07. The second-order valence-electron chi connectivity index (χ2n) is 5.41. The summed E-state index contributed by atoms with van der Waals surface area (Å²) in [6, 6.07) is 0. The number of aromatic nitrogens is 3. The van der Waals surface area contributed by atoms with Gasteiger partial charge in [0.25, 0.3) is 0 Å². The maximum Gasteiger partial charge on any atom is 0.116 e. The molecule has 8 nitrogen and oxygen atoms in total. The van der Waals surface area contributed by atoms with Crippen LogP contribution in [0.2, 0.25) is 0 Å². The second-order valence-corrected chi connectivity index (χ2v) is 5.41. The molecule has 0 saturated carbocycles. The van der Waals surface area contributed by atoms with Gasteiger partial charge in [0.05, 0.1) is 58.5 Å². The quantitative estimate of drug-likeness (QED) is 0.323. The molecule has 26 heavy (non-hydrogen) atoms. The molecule has 0 spiro atoms. The van der Waals surface area contributed by atoms with E-state index >= 15 is 0 Å². The Labute approximate surface area is 157 Å². The highest BCUT2D eigenvalue weighted by Crippen LogP contribution is 1.97. The van der Waals surface area contributed by atoms with Crippen molar-refractivity contribution in [1.82, 2.24) is 15.0 Å². The molecule has 0 aliphatic rings. The zero-order valence-electron chi connectivity index (χ0n) is 16.5. The first-order valence-corrected chi connectivity index (χ1v) is 9.38. The van der Waals surface area contributed by atoms with E-state index in [2.05, 4.69) is 24.2 Å². The normalized spacial score (nSPS) is 10.4. The summed E-state index contributed by atoms with van der Waals surface area (Å²) in [5.41, 5.74) is 1.04. The van der Waals surface area contributed by atoms with Gasteiger partial charge in [-0.05, 0) is 19.8 Å². The topological polar surface area (TPSA) is 84.7 Å². The van der Waals surface area contributed by atoms with Crippen molar-refractivity contribution in [2.24, 2.45) is 0 Å². The van der Waals surface area contributed by atoms with E-state index in [1.54, 1.807) is 0 Å². The van der Waals surface area contributed by atoms with E-state index in [-0.39, 0.29) is 0 Å². The Hall–Kier alpha value is -1.35. The van der Waals surface area contributed by atoms with Gasteiger partial charge in [-0.2, -0.15) is 0 Å². The van der Waals surface area contributed by atoms with Crippen molar-refractivity contribution in [2.45, 2.75) is 46.6 Å². The van der Waals surface area contributed by atoms with Crippen LogP contribution in [0.1, 0.15) is 39.3 Å². The van der Waals surface area contributed by atoms with Gasteiger partial charge in [0.15, 0.2) is 0 Å². The highest BCUT2D eigenvalue weighted by atomic mass is 16.6. The summed E-state index contributed by atoms with van der Waals surface area (Å²) in [4.78, 5) is 8.81. The third-order valence-corrected chi connectivity index (χ3v) is 3.02. The molecule has 0 unspecified atom stereocenters. The molecule has 0 atom stereocenters. The molecule has 8 heteroatoms. The van der Waals surface area contributed by atoms with Crippen molar-refractivity contribution < 1.29 is 23.7 Å². The van der Waals surface area contributed by atoms with Crippen LogP contribution in [0.4, 0.5) is 0 Å². The lowest BCUT2D eigenvalue weighted by molar-refractivity contribution is -0.106. The zero-order chi connectivity index (χ0) is 19.3. The molecule has 0 amide bonds. The zero-order valence-corrected chi connectivity index (χ0v) is 16.5. The highest BCUT2D eigenvalue weighted by molar-refractivity contribution is 5.44. The van der Waals surface area contributed by atoms with Crippen LogP contribution in [0.5, 0.6) is 0 Å². The minimum Gasteiger partial charge on any atom is -0.379 e. The number of ether oxygens (including phenoxy) is 4. The Morgan fingerprint density at radius 3 is 1.88 bits per heavy atom. The summed E-state index contributed by atoms with van der Waals surface area (Å²) in [5, 5.41) is 8.15. The molecule has 1 aromatic rings. The fourth-order valence-electron chi connectivity index (χ4n) is 1.88. The molecule has 1 aromatic heterocycles. The predicted molar refractivity (Wildman–Crippen MR) is 99.3 cm³/mol. The van der Waals surface area contributed by atoms with Crippen LogP contribution in [0.15, 0.2) is 6.20 Å². The molecule has 0 N–H and O–H groups in total. The summed E-state index contributed by atoms with van der Waals surface area (Å²) in [5.74, 6) is 0. The van der Waals surface area contributed by atoms with Gasteiger partial charge in [-0.3, -0.25) is 0 Å². The number of aryl methyl sites for hydroxylation is 1. The lowest BCUT2D eigenvalue weighted by atomic mass is 10.3. The van der Waals surface area contributed by atoms with E-state index < -0.39 is 0 Å². The average Bonchev–Trinajstić information content (AvgIpc) is 3.07. The van der Waals surface area contributed by atoms with E-state index in [9.17, 15) is 0 Å². The molecule has 0 bridgehead atoms. The average molecular weight is 373 g/mol. The number of carbonyl (C=O) groups is 1. The van der Waals surface area contributed by atoms with Gasteiger partial charge in [0.1, 0.15) is 6.29 Å². The monoisotopic (exact) mass is 373 g/mol. The molecule has 1 rings (SSSR count). The summed E-state index contributed by atoms with van der Waals surface area (Å²) in [6.45, 7) is 11.4. The Bertz CT molecular complexity index is 415. The second kappa shape index (κ2) is 20.0. The van der Waals surface area contributed by atoms with Crippen molar-refractivity contribution in [3.8, 4) is 0 Å². The highest BCUT2D eigenvalue weighted by Gasteiger charge is 1.99. The van der Waals surface area contributed by atoms with Gasteiger partial charge in [0.2, 0.25) is 0 Å². The largest absolute Gasteiger partial charge is 0.379 e. The minimum absolute atomic E-state index is 0.578. The van der Waals surface area contributed by atoms with Crippen LogP contribution >= 0.6 is 0 Å². The molecule has 0 aliphatic heterocycles. The summed E-state index contributed by atoms with van der Waals surface area (Å²) in [6.07, 6.45) is 5.83. The summed E-state index contributed by atoms with van der Waals surface area (Å²) >= 11 is 0. The van der Waals surface area contributed by atoms with Gasteiger partial charge in [-0.15, -0.1) is 5.10 Å². The number of nitrogens with zero attached hydrogens (tertiary/aromatic N) is 3. The van der Waals surface area contributed by atoms with Crippen molar-refractivity contribution in [2.75, 3.05) is 52.9 Å². The van der Waals surface area contributed by atoms with Gasteiger partial charge >= 0.3 is 0 Å². The van der Waals surface area contributed by atoms with Crippen LogP contribution in [-0.4, -0.2) is 74.1 Å². The van der Waals surface area contributed by atoms with E-state index in [0.717, 1.165) is 44.4 Å². The third-order valence-electron chi connectivity index (χ3n) is 3.02. The van der Waals surface area contributed by atoms with Crippen LogP contribution in [0.3, 0.4) is 0 Å². The number of hydrogen-bond donors (Lipinski definition) is 0. The molecular formula is C18H35N3O5. The standard InChI is InChI=1S/C16H31N3O4.C2H4O/c1-3-5-16-15-19(18-17-16)6-8-21-10-12-23-14-13-22-11-9-20-7-4-2;1-2-3/h15H,3-14H2,1-2H3;2H,1H3.